The molecule has 6 nitrogen and oxygen atoms in total. The summed E-state index contributed by atoms with van der Waals surface area (Å²) in [6, 6.07) is 17.3. The van der Waals surface area contributed by atoms with Gasteiger partial charge in [-0.15, -0.1) is 0 Å². The highest BCUT2D eigenvalue weighted by Crippen LogP contribution is 2.26. The number of rotatable bonds is 7. The molecule has 0 atom stereocenters. The lowest BCUT2D eigenvalue weighted by Crippen LogP contribution is -2.08. The van der Waals surface area contributed by atoms with Crippen LogP contribution < -0.4 is 16.0 Å². The quantitative estimate of drug-likeness (QED) is 0.412. The Labute approximate surface area is 162 Å². The summed E-state index contributed by atoms with van der Waals surface area (Å²) < 4.78 is 0. The number of nitrogens with zero attached hydrogens (tertiary/aromatic N) is 2. The molecule has 1 heterocycles. The van der Waals surface area contributed by atoms with Gasteiger partial charge >= 0.3 is 0 Å². The number of hydrogen-bond acceptors (Lipinski definition) is 5. The lowest BCUT2D eigenvalue weighted by atomic mass is 10.2. The van der Waals surface area contributed by atoms with E-state index in [2.05, 4.69) is 32.5 Å². The van der Waals surface area contributed by atoms with Gasteiger partial charge in [0.2, 0.25) is 11.2 Å². The second-order valence-corrected chi connectivity index (χ2v) is 5.98. The Bertz CT molecular complexity index is 946. The molecule has 0 spiro atoms. The molecular weight excluding hydrogens is 362 g/mol. The zero-order valence-corrected chi connectivity index (χ0v) is 15.2. The minimum Gasteiger partial charge on any atom is -0.377 e. The van der Waals surface area contributed by atoms with Crippen LogP contribution in [0.1, 0.15) is 5.56 Å². The van der Waals surface area contributed by atoms with Gasteiger partial charge in [-0.2, -0.15) is 4.98 Å². The first-order valence-corrected chi connectivity index (χ1v) is 8.62. The standard InChI is InChI=1S/C20H18ClN5O/c1-2-18(27)24-15-9-6-10-16(11-15)25-19-17(13-23-20(21)26-19)22-12-14-7-4-3-5-8-14/h2-11,13,22H,1,12H2,(H,24,27)(H,23,25,26). The predicted octanol–water partition coefficient (Wildman–Crippen LogP) is 4.61. The average molecular weight is 380 g/mol. The molecule has 27 heavy (non-hydrogen) atoms. The van der Waals surface area contributed by atoms with Crippen LogP contribution in [0.25, 0.3) is 0 Å². The zero-order valence-electron chi connectivity index (χ0n) is 14.4. The van der Waals surface area contributed by atoms with E-state index in [0.29, 0.717) is 23.7 Å². The second kappa shape index (κ2) is 8.82. The molecule has 0 aliphatic heterocycles. The average Bonchev–Trinajstić information content (AvgIpc) is 2.68. The van der Waals surface area contributed by atoms with E-state index in [1.807, 2.05) is 42.5 Å². The maximum absolute atomic E-state index is 11.5. The van der Waals surface area contributed by atoms with E-state index in [1.165, 1.54) is 6.08 Å². The minimum absolute atomic E-state index is 0.138. The monoisotopic (exact) mass is 379 g/mol. The maximum Gasteiger partial charge on any atom is 0.247 e. The predicted molar refractivity (Wildman–Crippen MR) is 109 cm³/mol. The van der Waals surface area contributed by atoms with E-state index in [0.717, 1.165) is 11.3 Å². The van der Waals surface area contributed by atoms with E-state index in [-0.39, 0.29) is 11.2 Å². The van der Waals surface area contributed by atoms with Crippen molar-refractivity contribution in [1.29, 1.82) is 0 Å². The molecule has 0 saturated heterocycles. The van der Waals surface area contributed by atoms with E-state index in [1.54, 1.807) is 18.3 Å². The van der Waals surface area contributed by atoms with Crippen molar-refractivity contribution >= 4 is 40.4 Å². The summed E-state index contributed by atoms with van der Waals surface area (Å²) in [5.41, 5.74) is 3.23. The van der Waals surface area contributed by atoms with Gasteiger partial charge in [0.25, 0.3) is 0 Å². The number of benzene rings is 2. The molecule has 1 amide bonds. The molecule has 0 radical (unpaired) electrons. The molecule has 3 rings (SSSR count). The molecule has 3 N–H and O–H groups in total. The van der Waals surface area contributed by atoms with Crippen molar-refractivity contribution in [2.75, 3.05) is 16.0 Å². The fraction of sp³-hybridized carbons (Fsp3) is 0.0500. The summed E-state index contributed by atoms with van der Waals surface area (Å²) in [4.78, 5) is 19.8. The van der Waals surface area contributed by atoms with Crippen molar-refractivity contribution < 1.29 is 4.79 Å². The van der Waals surface area contributed by atoms with Crippen LogP contribution in [-0.2, 0) is 11.3 Å². The Kier molecular flexibility index (Phi) is 6.02. The summed E-state index contributed by atoms with van der Waals surface area (Å²) in [7, 11) is 0. The summed E-state index contributed by atoms with van der Waals surface area (Å²) in [6.45, 7) is 4.07. The van der Waals surface area contributed by atoms with Crippen LogP contribution >= 0.6 is 11.6 Å². The number of halogens is 1. The lowest BCUT2D eigenvalue weighted by Gasteiger charge is -2.13. The summed E-state index contributed by atoms with van der Waals surface area (Å²) in [6.07, 6.45) is 2.85. The SMILES string of the molecule is C=CC(=O)Nc1cccc(Nc2nc(Cl)ncc2NCc2ccccc2)c1. The fourth-order valence-electron chi connectivity index (χ4n) is 2.38. The first-order chi connectivity index (χ1) is 13.1. The Balaban J connectivity index is 1.78. The van der Waals surface area contributed by atoms with Crippen molar-refractivity contribution in [2.45, 2.75) is 6.54 Å². The van der Waals surface area contributed by atoms with Crippen LogP contribution in [-0.4, -0.2) is 15.9 Å². The highest BCUT2D eigenvalue weighted by Gasteiger charge is 2.08. The molecule has 7 heteroatoms. The van der Waals surface area contributed by atoms with Gasteiger partial charge in [0.1, 0.15) is 0 Å². The Morgan fingerprint density at radius 2 is 1.89 bits per heavy atom. The molecule has 136 valence electrons. The Morgan fingerprint density at radius 1 is 1.11 bits per heavy atom. The molecule has 0 fully saturated rings. The Morgan fingerprint density at radius 3 is 2.67 bits per heavy atom. The van der Waals surface area contributed by atoms with E-state index >= 15 is 0 Å². The van der Waals surface area contributed by atoms with E-state index < -0.39 is 0 Å². The normalized spacial score (nSPS) is 10.1. The molecule has 2 aromatic carbocycles. The Hall–Kier alpha value is -3.38. The fourth-order valence-corrected chi connectivity index (χ4v) is 2.52. The number of carbonyl (C=O) groups is 1. The lowest BCUT2D eigenvalue weighted by molar-refractivity contribution is -0.111. The smallest absolute Gasteiger partial charge is 0.247 e. The second-order valence-electron chi connectivity index (χ2n) is 5.64. The zero-order chi connectivity index (χ0) is 19.1. The van der Waals surface area contributed by atoms with Crippen LogP contribution in [0.2, 0.25) is 5.28 Å². The van der Waals surface area contributed by atoms with Crippen LogP contribution in [0.4, 0.5) is 22.9 Å². The third-order valence-corrected chi connectivity index (χ3v) is 3.85. The highest BCUT2D eigenvalue weighted by molar-refractivity contribution is 6.28. The highest BCUT2D eigenvalue weighted by atomic mass is 35.5. The number of carbonyl (C=O) groups excluding carboxylic acids is 1. The van der Waals surface area contributed by atoms with Gasteiger partial charge in [-0.05, 0) is 41.4 Å². The molecule has 0 aliphatic carbocycles. The van der Waals surface area contributed by atoms with Crippen LogP contribution in [0, 0.1) is 0 Å². The van der Waals surface area contributed by atoms with Crippen LogP contribution in [0.3, 0.4) is 0 Å². The summed E-state index contributed by atoms with van der Waals surface area (Å²) in [5, 5.41) is 9.37. The van der Waals surface area contributed by atoms with Gasteiger partial charge in [-0.3, -0.25) is 4.79 Å². The van der Waals surface area contributed by atoms with Crippen LogP contribution in [0.15, 0.2) is 73.4 Å². The topological polar surface area (TPSA) is 78.9 Å². The molecule has 0 bridgehead atoms. The van der Waals surface area contributed by atoms with Crippen molar-refractivity contribution in [3.63, 3.8) is 0 Å². The minimum atomic E-state index is -0.276. The molecular formula is C20H18ClN5O. The number of aromatic nitrogens is 2. The van der Waals surface area contributed by atoms with Crippen molar-refractivity contribution in [2.24, 2.45) is 0 Å². The van der Waals surface area contributed by atoms with Gasteiger partial charge in [0, 0.05) is 17.9 Å². The van der Waals surface area contributed by atoms with Crippen molar-refractivity contribution in [1.82, 2.24) is 9.97 Å². The first kappa shape index (κ1) is 18.4. The summed E-state index contributed by atoms with van der Waals surface area (Å²) in [5.74, 6) is 0.264. The third kappa shape index (κ3) is 5.29. The number of hydrogen-bond donors (Lipinski definition) is 3. The van der Waals surface area contributed by atoms with Gasteiger partial charge in [0.15, 0.2) is 5.82 Å². The largest absolute Gasteiger partial charge is 0.377 e. The molecule has 0 aliphatic rings. The molecule has 3 aromatic rings. The van der Waals surface area contributed by atoms with E-state index in [4.69, 9.17) is 11.6 Å². The van der Waals surface area contributed by atoms with Gasteiger partial charge < -0.3 is 16.0 Å². The number of amides is 1. The number of nitrogens with one attached hydrogen (secondary N) is 3. The van der Waals surface area contributed by atoms with Gasteiger partial charge in [-0.1, -0.05) is 43.0 Å². The molecule has 0 saturated carbocycles. The van der Waals surface area contributed by atoms with Crippen molar-refractivity contribution in [3.05, 3.63) is 84.3 Å². The van der Waals surface area contributed by atoms with E-state index in [9.17, 15) is 4.79 Å². The van der Waals surface area contributed by atoms with Gasteiger partial charge in [0.05, 0.1) is 11.9 Å². The summed E-state index contributed by atoms with van der Waals surface area (Å²) >= 11 is 5.96. The van der Waals surface area contributed by atoms with Crippen molar-refractivity contribution in [3.8, 4) is 0 Å². The first-order valence-electron chi connectivity index (χ1n) is 8.25. The molecule has 1 aromatic heterocycles. The maximum atomic E-state index is 11.5. The third-order valence-electron chi connectivity index (χ3n) is 3.66. The molecule has 0 unspecified atom stereocenters. The number of anilines is 4. The van der Waals surface area contributed by atoms with Gasteiger partial charge in [-0.25, -0.2) is 4.98 Å². The van der Waals surface area contributed by atoms with Crippen LogP contribution in [0.5, 0.6) is 0 Å².